The quantitative estimate of drug-likeness (QED) is 0.866. The van der Waals surface area contributed by atoms with Crippen molar-refractivity contribution in [3.05, 3.63) is 68.0 Å². The van der Waals surface area contributed by atoms with Crippen LogP contribution in [0.3, 0.4) is 0 Å². The van der Waals surface area contributed by atoms with E-state index in [0.717, 1.165) is 12.0 Å². The van der Waals surface area contributed by atoms with Gasteiger partial charge in [0.25, 0.3) is 5.56 Å². The molecular formula is C17H20ClN3O3. The largest absolute Gasteiger partial charge is 0.334 e. The maximum atomic E-state index is 12.7. The molecule has 0 radical (unpaired) electrons. The second kappa shape index (κ2) is 7.97. The van der Waals surface area contributed by atoms with E-state index in [0.29, 0.717) is 11.6 Å². The zero-order chi connectivity index (χ0) is 17.7. The van der Waals surface area contributed by atoms with Crippen molar-refractivity contribution in [1.29, 1.82) is 0 Å². The van der Waals surface area contributed by atoms with Gasteiger partial charge < -0.3 is 4.90 Å². The molecule has 128 valence electrons. The fraction of sp³-hybridized carbons (Fsp3) is 0.353. The number of carbonyl (C=O) groups is 1. The highest BCUT2D eigenvalue weighted by Gasteiger charge is 2.20. The summed E-state index contributed by atoms with van der Waals surface area (Å²) in [5.74, 6) is -0.210. The van der Waals surface area contributed by atoms with Crippen molar-refractivity contribution in [3.8, 4) is 0 Å². The molecule has 0 aliphatic rings. The minimum atomic E-state index is -0.599. The average molecular weight is 350 g/mol. The fourth-order valence-corrected chi connectivity index (χ4v) is 2.52. The molecule has 2 rings (SSSR count). The van der Waals surface area contributed by atoms with Gasteiger partial charge in [0.2, 0.25) is 5.91 Å². The minimum absolute atomic E-state index is 0.00719. The number of nitrogens with one attached hydrogen (secondary N) is 1. The lowest BCUT2D eigenvalue weighted by atomic mass is 10.1. The Kier molecular flexibility index (Phi) is 5.98. The third kappa shape index (κ3) is 4.35. The predicted molar refractivity (Wildman–Crippen MR) is 93.1 cm³/mol. The van der Waals surface area contributed by atoms with Gasteiger partial charge in [-0.2, -0.15) is 0 Å². The van der Waals surface area contributed by atoms with Gasteiger partial charge in [-0.15, -0.1) is 0 Å². The van der Waals surface area contributed by atoms with Crippen LogP contribution in [0.25, 0.3) is 0 Å². The van der Waals surface area contributed by atoms with E-state index in [1.807, 2.05) is 32.0 Å². The second-order valence-electron chi connectivity index (χ2n) is 5.61. The lowest BCUT2D eigenvalue weighted by Gasteiger charge is -2.29. The molecular weight excluding hydrogens is 330 g/mol. The molecule has 0 aliphatic carbocycles. The van der Waals surface area contributed by atoms with Gasteiger partial charge in [0.1, 0.15) is 6.54 Å². The van der Waals surface area contributed by atoms with E-state index in [4.69, 9.17) is 11.6 Å². The van der Waals surface area contributed by atoms with Gasteiger partial charge in [0.15, 0.2) is 0 Å². The van der Waals surface area contributed by atoms with Gasteiger partial charge in [-0.3, -0.25) is 19.1 Å². The number of halogens is 1. The molecule has 1 aromatic carbocycles. The molecule has 0 spiro atoms. The fourth-order valence-electron chi connectivity index (χ4n) is 2.33. The minimum Gasteiger partial charge on any atom is -0.334 e. The SMILES string of the molecule is CC[C@H](C)N(Cc1ccccc1Cl)C(=O)Cn1ccc(=O)[nH]c1=O. The van der Waals surface area contributed by atoms with Crippen LogP contribution in [0.4, 0.5) is 0 Å². The van der Waals surface area contributed by atoms with E-state index < -0.39 is 11.2 Å². The van der Waals surface area contributed by atoms with E-state index in [9.17, 15) is 14.4 Å². The van der Waals surface area contributed by atoms with E-state index in [2.05, 4.69) is 4.98 Å². The molecule has 0 saturated carbocycles. The van der Waals surface area contributed by atoms with E-state index >= 15 is 0 Å². The van der Waals surface area contributed by atoms with Gasteiger partial charge in [0.05, 0.1) is 0 Å². The smallest absolute Gasteiger partial charge is 0.328 e. The Morgan fingerprint density at radius 2 is 2.00 bits per heavy atom. The van der Waals surface area contributed by atoms with Gasteiger partial charge in [-0.05, 0) is 25.0 Å². The topological polar surface area (TPSA) is 75.2 Å². The third-order valence-corrected chi connectivity index (χ3v) is 4.31. The average Bonchev–Trinajstić information content (AvgIpc) is 2.56. The molecule has 24 heavy (non-hydrogen) atoms. The maximum absolute atomic E-state index is 12.7. The number of nitrogens with zero attached hydrogens (tertiary/aromatic N) is 2. The Morgan fingerprint density at radius 1 is 1.29 bits per heavy atom. The molecule has 1 aromatic heterocycles. The number of rotatable bonds is 6. The first-order valence-electron chi connectivity index (χ1n) is 7.75. The number of aromatic nitrogens is 2. The van der Waals surface area contributed by atoms with E-state index in [1.54, 1.807) is 11.0 Å². The molecule has 1 heterocycles. The van der Waals surface area contributed by atoms with Crippen LogP contribution in [0.1, 0.15) is 25.8 Å². The third-order valence-electron chi connectivity index (χ3n) is 3.94. The number of benzene rings is 1. The summed E-state index contributed by atoms with van der Waals surface area (Å²) < 4.78 is 1.19. The molecule has 0 bridgehead atoms. The van der Waals surface area contributed by atoms with Crippen molar-refractivity contribution in [3.63, 3.8) is 0 Å². The van der Waals surface area contributed by atoms with Crippen LogP contribution in [-0.4, -0.2) is 26.4 Å². The summed E-state index contributed by atoms with van der Waals surface area (Å²) >= 11 is 6.19. The second-order valence-corrected chi connectivity index (χ2v) is 6.02. The zero-order valence-corrected chi connectivity index (χ0v) is 14.4. The highest BCUT2D eigenvalue weighted by atomic mass is 35.5. The monoisotopic (exact) mass is 349 g/mol. The summed E-state index contributed by atoms with van der Waals surface area (Å²) in [5, 5.41) is 0.597. The first-order valence-corrected chi connectivity index (χ1v) is 8.12. The van der Waals surface area contributed by atoms with Crippen molar-refractivity contribution in [2.24, 2.45) is 0 Å². The Labute approximate surface area is 144 Å². The number of hydrogen-bond acceptors (Lipinski definition) is 3. The molecule has 1 atom stereocenters. The van der Waals surface area contributed by atoms with Crippen LogP contribution in [0.2, 0.25) is 5.02 Å². The Balaban J connectivity index is 2.24. The molecule has 0 saturated heterocycles. The predicted octanol–water partition coefficient (Wildman–Crippen LogP) is 2.02. The molecule has 0 aliphatic heterocycles. The maximum Gasteiger partial charge on any atom is 0.328 e. The highest BCUT2D eigenvalue weighted by Crippen LogP contribution is 2.19. The normalized spacial score (nSPS) is 12.0. The zero-order valence-electron chi connectivity index (χ0n) is 13.7. The van der Waals surface area contributed by atoms with Crippen molar-refractivity contribution in [2.45, 2.75) is 39.4 Å². The number of H-pyrrole nitrogens is 1. The first kappa shape index (κ1) is 18.0. The van der Waals surface area contributed by atoms with Crippen LogP contribution in [0.5, 0.6) is 0 Å². The molecule has 1 amide bonds. The molecule has 6 nitrogen and oxygen atoms in total. The lowest BCUT2D eigenvalue weighted by Crippen LogP contribution is -2.42. The molecule has 0 fully saturated rings. The summed E-state index contributed by atoms with van der Waals surface area (Å²) in [6.07, 6.45) is 2.10. The van der Waals surface area contributed by atoms with E-state index in [-0.39, 0.29) is 18.5 Å². The Hall–Kier alpha value is -2.34. The van der Waals surface area contributed by atoms with Crippen molar-refractivity contribution >= 4 is 17.5 Å². The number of hydrogen-bond donors (Lipinski definition) is 1. The molecule has 2 aromatic rings. The van der Waals surface area contributed by atoms with Gasteiger partial charge in [0, 0.05) is 29.9 Å². The summed E-state index contributed by atoms with van der Waals surface area (Å²) in [4.78, 5) is 39.4. The Morgan fingerprint density at radius 3 is 2.62 bits per heavy atom. The van der Waals surface area contributed by atoms with Gasteiger partial charge in [-0.25, -0.2) is 4.79 Å². The standard InChI is InChI=1S/C17H20ClN3O3/c1-3-12(2)21(10-13-6-4-5-7-14(13)18)16(23)11-20-9-8-15(22)19-17(20)24/h4-9,12H,3,10-11H2,1-2H3,(H,19,22,24)/t12-/m0/s1. The summed E-state index contributed by atoms with van der Waals surface area (Å²) in [5.41, 5.74) is -0.238. The van der Waals surface area contributed by atoms with Crippen molar-refractivity contribution < 1.29 is 4.79 Å². The number of aromatic amines is 1. The Bertz CT molecular complexity index is 828. The molecule has 1 N–H and O–H groups in total. The van der Waals surface area contributed by atoms with Crippen LogP contribution < -0.4 is 11.2 Å². The summed E-state index contributed by atoms with van der Waals surface area (Å²) in [6, 6.07) is 8.57. The van der Waals surface area contributed by atoms with Crippen molar-refractivity contribution in [2.75, 3.05) is 0 Å². The molecule has 0 unspecified atom stereocenters. The number of amides is 1. The van der Waals surface area contributed by atoms with Crippen LogP contribution in [0, 0.1) is 0 Å². The molecule has 7 heteroatoms. The first-order chi connectivity index (χ1) is 11.4. The van der Waals surface area contributed by atoms with E-state index in [1.165, 1.54) is 16.8 Å². The van der Waals surface area contributed by atoms with Gasteiger partial charge >= 0.3 is 5.69 Å². The van der Waals surface area contributed by atoms with Gasteiger partial charge in [-0.1, -0.05) is 36.7 Å². The number of carbonyl (C=O) groups excluding carboxylic acids is 1. The van der Waals surface area contributed by atoms with Crippen LogP contribution >= 0.6 is 11.6 Å². The van der Waals surface area contributed by atoms with Crippen LogP contribution in [-0.2, 0) is 17.9 Å². The summed E-state index contributed by atoms with van der Waals surface area (Å²) in [6.45, 7) is 4.17. The lowest BCUT2D eigenvalue weighted by molar-refractivity contribution is -0.134. The van der Waals surface area contributed by atoms with Crippen molar-refractivity contribution in [1.82, 2.24) is 14.5 Å². The summed E-state index contributed by atoms with van der Waals surface area (Å²) in [7, 11) is 0. The van der Waals surface area contributed by atoms with Crippen LogP contribution in [0.15, 0.2) is 46.1 Å². The highest BCUT2D eigenvalue weighted by molar-refractivity contribution is 6.31.